The first-order valence-electron chi connectivity index (χ1n) is 8.67. The molecule has 1 aliphatic heterocycles. The third kappa shape index (κ3) is 5.54. The highest BCUT2D eigenvalue weighted by atomic mass is 32.2. The van der Waals surface area contributed by atoms with Crippen molar-refractivity contribution < 1.29 is 18.0 Å². The smallest absolute Gasteiger partial charge is 0.242 e. The van der Waals surface area contributed by atoms with E-state index in [1.165, 1.54) is 4.31 Å². The second kappa shape index (κ2) is 8.18. The zero-order chi connectivity index (χ0) is 19.4. The summed E-state index contributed by atoms with van der Waals surface area (Å²) in [6, 6.07) is 9.05. The molecule has 2 amide bonds. The fourth-order valence-corrected chi connectivity index (χ4v) is 4.14. The topological polar surface area (TPSA) is 86.8 Å². The Morgan fingerprint density at radius 3 is 2.15 bits per heavy atom. The highest BCUT2D eigenvalue weighted by molar-refractivity contribution is 7.88. The van der Waals surface area contributed by atoms with E-state index in [4.69, 9.17) is 0 Å². The van der Waals surface area contributed by atoms with Crippen molar-refractivity contribution >= 4 is 21.8 Å². The molecule has 0 spiro atoms. The predicted octanol–water partition coefficient (Wildman–Crippen LogP) is 0.823. The van der Waals surface area contributed by atoms with E-state index in [0.29, 0.717) is 13.1 Å². The molecule has 1 saturated heterocycles. The van der Waals surface area contributed by atoms with Crippen LogP contribution in [0.2, 0.25) is 0 Å². The van der Waals surface area contributed by atoms with Crippen molar-refractivity contribution in [2.75, 3.05) is 32.7 Å². The Balaban J connectivity index is 1.84. The van der Waals surface area contributed by atoms with Crippen LogP contribution in [0.5, 0.6) is 0 Å². The summed E-state index contributed by atoms with van der Waals surface area (Å²) in [5.41, 5.74) is 0.195. The van der Waals surface area contributed by atoms with E-state index in [-0.39, 0.29) is 37.2 Å². The lowest BCUT2D eigenvalue weighted by Gasteiger charge is -2.34. The summed E-state index contributed by atoms with van der Waals surface area (Å²) in [6.45, 7) is 6.49. The molecule has 0 atom stereocenters. The number of nitrogens with one attached hydrogen (secondary N) is 1. The van der Waals surface area contributed by atoms with Gasteiger partial charge in [-0.05, 0) is 5.56 Å². The van der Waals surface area contributed by atoms with Gasteiger partial charge in [0, 0.05) is 31.6 Å². The van der Waals surface area contributed by atoms with Gasteiger partial charge in [-0.1, -0.05) is 51.1 Å². The van der Waals surface area contributed by atoms with Crippen molar-refractivity contribution in [2.24, 2.45) is 5.41 Å². The van der Waals surface area contributed by atoms with E-state index < -0.39 is 15.4 Å². The Hall–Kier alpha value is -1.93. The average Bonchev–Trinajstić information content (AvgIpc) is 2.59. The highest BCUT2D eigenvalue weighted by Gasteiger charge is 2.29. The second-order valence-corrected chi connectivity index (χ2v) is 9.42. The number of hydrogen-bond acceptors (Lipinski definition) is 4. The molecule has 1 aromatic carbocycles. The minimum atomic E-state index is -3.40. The quantitative estimate of drug-likeness (QED) is 0.818. The minimum Gasteiger partial charge on any atom is -0.347 e. The van der Waals surface area contributed by atoms with Gasteiger partial charge in [-0.15, -0.1) is 0 Å². The number of carbonyl (C=O) groups excluding carboxylic acids is 2. The molecule has 0 unspecified atom stereocenters. The number of amides is 2. The molecule has 1 heterocycles. The van der Waals surface area contributed by atoms with Gasteiger partial charge < -0.3 is 10.2 Å². The molecule has 0 aliphatic carbocycles. The number of carbonyl (C=O) groups is 2. The van der Waals surface area contributed by atoms with Crippen LogP contribution in [-0.4, -0.2) is 62.2 Å². The first-order chi connectivity index (χ1) is 12.1. The SMILES string of the molecule is CC(C)(C)C(=O)NCC(=O)N1CCN(S(=O)(=O)Cc2ccccc2)CC1. The van der Waals surface area contributed by atoms with Crippen molar-refractivity contribution in [1.82, 2.24) is 14.5 Å². The van der Waals surface area contributed by atoms with Crippen LogP contribution in [0.3, 0.4) is 0 Å². The molecular weight excluding hydrogens is 354 g/mol. The number of sulfonamides is 1. The summed E-state index contributed by atoms with van der Waals surface area (Å²) >= 11 is 0. The molecule has 2 rings (SSSR count). The second-order valence-electron chi connectivity index (χ2n) is 7.45. The fraction of sp³-hybridized carbons (Fsp3) is 0.556. The molecule has 0 radical (unpaired) electrons. The van der Waals surface area contributed by atoms with E-state index in [2.05, 4.69) is 5.32 Å². The Kier molecular flexibility index (Phi) is 6.41. The van der Waals surface area contributed by atoms with Gasteiger partial charge in [0.15, 0.2) is 0 Å². The van der Waals surface area contributed by atoms with Crippen LogP contribution in [-0.2, 0) is 25.4 Å². The minimum absolute atomic E-state index is 0.0383. The van der Waals surface area contributed by atoms with Crippen LogP contribution in [0.4, 0.5) is 0 Å². The molecule has 7 nitrogen and oxygen atoms in total. The molecular formula is C18H27N3O4S. The summed E-state index contributed by atoms with van der Waals surface area (Å²) in [6.07, 6.45) is 0. The Morgan fingerprint density at radius 1 is 1.04 bits per heavy atom. The maximum Gasteiger partial charge on any atom is 0.242 e. The Labute approximate surface area is 155 Å². The van der Waals surface area contributed by atoms with Gasteiger partial charge in [0.2, 0.25) is 21.8 Å². The lowest BCUT2D eigenvalue weighted by Crippen LogP contribution is -2.53. The molecule has 1 aromatic rings. The van der Waals surface area contributed by atoms with Crippen LogP contribution in [0.15, 0.2) is 30.3 Å². The normalized spacial score (nSPS) is 16.3. The summed E-state index contributed by atoms with van der Waals surface area (Å²) in [7, 11) is -3.40. The fourth-order valence-electron chi connectivity index (χ4n) is 2.62. The van der Waals surface area contributed by atoms with Crippen LogP contribution >= 0.6 is 0 Å². The van der Waals surface area contributed by atoms with Gasteiger partial charge in [0.05, 0.1) is 12.3 Å². The van der Waals surface area contributed by atoms with E-state index in [1.54, 1.807) is 37.8 Å². The van der Waals surface area contributed by atoms with Crippen molar-refractivity contribution in [3.05, 3.63) is 35.9 Å². The van der Waals surface area contributed by atoms with E-state index in [0.717, 1.165) is 5.56 Å². The molecule has 0 saturated carbocycles. The third-order valence-corrected chi connectivity index (χ3v) is 6.11. The van der Waals surface area contributed by atoms with Gasteiger partial charge in [0.25, 0.3) is 0 Å². The average molecular weight is 381 g/mol. The molecule has 0 aromatic heterocycles. The molecule has 26 heavy (non-hydrogen) atoms. The van der Waals surface area contributed by atoms with Crippen LogP contribution in [0.1, 0.15) is 26.3 Å². The predicted molar refractivity (Wildman–Crippen MR) is 99.7 cm³/mol. The Morgan fingerprint density at radius 2 is 1.62 bits per heavy atom. The van der Waals surface area contributed by atoms with Crippen LogP contribution in [0, 0.1) is 5.41 Å². The van der Waals surface area contributed by atoms with Gasteiger partial charge in [-0.3, -0.25) is 9.59 Å². The number of nitrogens with zero attached hydrogens (tertiary/aromatic N) is 2. The maximum atomic E-state index is 12.5. The lowest BCUT2D eigenvalue weighted by molar-refractivity contribution is -0.135. The Bertz CT molecular complexity index is 733. The summed E-state index contributed by atoms with van der Waals surface area (Å²) in [5, 5.41) is 2.63. The molecule has 1 fully saturated rings. The van der Waals surface area contributed by atoms with Gasteiger partial charge >= 0.3 is 0 Å². The molecule has 144 valence electrons. The highest BCUT2D eigenvalue weighted by Crippen LogP contribution is 2.14. The van der Waals surface area contributed by atoms with Crippen molar-refractivity contribution in [2.45, 2.75) is 26.5 Å². The van der Waals surface area contributed by atoms with Crippen molar-refractivity contribution in [1.29, 1.82) is 0 Å². The first kappa shape index (κ1) is 20.4. The maximum absolute atomic E-state index is 12.5. The number of piperazine rings is 1. The zero-order valence-electron chi connectivity index (χ0n) is 15.6. The van der Waals surface area contributed by atoms with Gasteiger partial charge in [-0.2, -0.15) is 4.31 Å². The summed E-state index contributed by atoms with van der Waals surface area (Å²) in [5.74, 6) is -0.415. The van der Waals surface area contributed by atoms with Crippen molar-refractivity contribution in [3.63, 3.8) is 0 Å². The molecule has 8 heteroatoms. The number of rotatable bonds is 5. The first-order valence-corrected chi connectivity index (χ1v) is 10.3. The van der Waals surface area contributed by atoms with Gasteiger partial charge in [0.1, 0.15) is 0 Å². The van der Waals surface area contributed by atoms with Crippen LogP contribution < -0.4 is 5.32 Å². The summed E-state index contributed by atoms with van der Waals surface area (Å²) in [4.78, 5) is 25.7. The molecule has 0 bridgehead atoms. The largest absolute Gasteiger partial charge is 0.347 e. The number of hydrogen-bond donors (Lipinski definition) is 1. The van der Waals surface area contributed by atoms with E-state index in [1.807, 2.05) is 18.2 Å². The van der Waals surface area contributed by atoms with E-state index >= 15 is 0 Å². The van der Waals surface area contributed by atoms with E-state index in [9.17, 15) is 18.0 Å². The molecule has 1 N–H and O–H groups in total. The zero-order valence-corrected chi connectivity index (χ0v) is 16.4. The monoisotopic (exact) mass is 381 g/mol. The van der Waals surface area contributed by atoms with Crippen LogP contribution in [0.25, 0.3) is 0 Å². The summed E-state index contributed by atoms with van der Waals surface area (Å²) < 4.78 is 26.5. The third-order valence-electron chi connectivity index (χ3n) is 4.26. The standard InChI is InChI=1S/C18H27N3O4S/c1-18(2,3)17(23)19-13-16(22)20-9-11-21(12-10-20)26(24,25)14-15-7-5-4-6-8-15/h4-8H,9-14H2,1-3H3,(H,19,23). The lowest BCUT2D eigenvalue weighted by atomic mass is 9.96. The molecule has 1 aliphatic rings. The number of benzene rings is 1. The van der Waals surface area contributed by atoms with Crippen molar-refractivity contribution in [3.8, 4) is 0 Å². The van der Waals surface area contributed by atoms with Gasteiger partial charge in [-0.25, -0.2) is 8.42 Å².